The van der Waals surface area contributed by atoms with Crippen molar-refractivity contribution in [3.63, 3.8) is 0 Å². The van der Waals surface area contributed by atoms with Crippen LogP contribution in [-0.2, 0) is 11.3 Å². The molecule has 0 atom stereocenters. The smallest absolute Gasteiger partial charge is 0.251 e. The zero-order valence-corrected chi connectivity index (χ0v) is 12.5. The molecule has 2 amide bonds. The number of rotatable bonds is 5. The lowest BCUT2D eigenvalue weighted by atomic mass is 10.1. The van der Waals surface area contributed by atoms with Crippen LogP contribution in [0.15, 0.2) is 24.3 Å². The van der Waals surface area contributed by atoms with Crippen LogP contribution in [0.1, 0.15) is 35.2 Å². The zero-order valence-electron chi connectivity index (χ0n) is 12.5. The second kappa shape index (κ2) is 7.78. The molecule has 1 aromatic carbocycles. The largest absolute Gasteiger partial charge is 0.358 e. The van der Waals surface area contributed by atoms with Gasteiger partial charge in [0.15, 0.2) is 0 Å². The minimum atomic E-state index is -0.219. The molecule has 0 radical (unpaired) electrons. The zero-order chi connectivity index (χ0) is 15.1. The molecule has 5 nitrogen and oxygen atoms in total. The first-order valence-corrected chi connectivity index (χ1v) is 7.49. The number of amides is 2. The van der Waals surface area contributed by atoms with Gasteiger partial charge in [0.1, 0.15) is 0 Å². The normalized spacial score (nSPS) is 15.5. The maximum Gasteiger partial charge on any atom is 0.251 e. The third-order valence-corrected chi connectivity index (χ3v) is 3.76. The van der Waals surface area contributed by atoms with Gasteiger partial charge in [-0.15, -0.1) is 0 Å². The Labute approximate surface area is 125 Å². The Hall–Kier alpha value is -1.88. The molecule has 0 unspecified atom stereocenters. The highest BCUT2D eigenvalue weighted by atomic mass is 16.2. The number of benzene rings is 1. The molecule has 1 saturated heterocycles. The van der Waals surface area contributed by atoms with E-state index in [1.807, 2.05) is 24.3 Å². The Kier molecular flexibility index (Phi) is 5.75. The summed E-state index contributed by atoms with van der Waals surface area (Å²) in [6.45, 7) is 3.27. The van der Waals surface area contributed by atoms with E-state index >= 15 is 0 Å². The fraction of sp³-hybridized carbons (Fsp3) is 0.500. The van der Waals surface area contributed by atoms with Crippen LogP contribution in [0.25, 0.3) is 0 Å². The average molecular weight is 289 g/mol. The van der Waals surface area contributed by atoms with Crippen molar-refractivity contribution >= 4 is 11.8 Å². The van der Waals surface area contributed by atoms with Crippen LogP contribution >= 0.6 is 0 Å². The first-order chi connectivity index (χ1) is 10.2. The van der Waals surface area contributed by atoms with E-state index in [1.165, 1.54) is 24.8 Å². The van der Waals surface area contributed by atoms with Crippen molar-refractivity contribution in [2.24, 2.45) is 0 Å². The molecule has 0 bridgehead atoms. The first kappa shape index (κ1) is 15.5. The molecule has 0 aliphatic carbocycles. The lowest BCUT2D eigenvalue weighted by molar-refractivity contribution is -0.119. The van der Waals surface area contributed by atoms with E-state index in [2.05, 4.69) is 15.5 Å². The lowest BCUT2D eigenvalue weighted by Crippen LogP contribution is -2.35. The number of hydrogen-bond donors (Lipinski definition) is 2. The molecule has 0 saturated carbocycles. The third-order valence-electron chi connectivity index (χ3n) is 3.76. The number of piperidine rings is 1. The summed E-state index contributed by atoms with van der Waals surface area (Å²) in [7, 11) is 1.55. The number of carbonyl (C=O) groups excluding carboxylic acids is 2. The molecule has 21 heavy (non-hydrogen) atoms. The van der Waals surface area contributed by atoms with Gasteiger partial charge < -0.3 is 10.6 Å². The summed E-state index contributed by atoms with van der Waals surface area (Å²) in [5.41, 5.74) is 1.81. The van der Waals surface area contributed by atoms with Gasteiger partial charge in [0, 0.05) is 19.2 Å². The summed E-state index contributed by atoms with van der Waals surface area (Å²) < 4.78 is 0. The number of carbonyl (C=O) groups is 2. The van der Waals surface area contributed by atoms with E-state index in [9.17, 15) is 9.59 Å². The van der Waals surface area contributed by atoms with Gasteiger partial charge in [-0.05, 0) is 43.6 Å². The molecule has 1 aliphatic rings. The Morgan fingerprint density at radius 3 is 2.38 bits per heavy atom. The highest BCUT2D eigenvalue weighted by Crippen LogP contribution is 2.13. The van der Waals surface area contributed by atoms with Crippen molar-refractivity contribution in [2.75, 3.05) is 26.7 Å². The van der Waals surface area contributed by atoms with Gasteiger partial charge in [-0.25, -0.2) is 0 Å². The predicted octanol–water partition coefficient (Wildman–Crippen LogP) is 1.15. The van der Waals surface area contributed by atoms with Crippen molar-refractivity contribution in [1.82, 2.24) is 15.5 Å². The molecule has 2 rings (SSSR count). The summed E-state index contributed by atoms with van der Waals surface area (Å²) in [5, 5.41) is 5.06. The summed E-state index contributed by atoms with van der Waals surface area (Å²) in [4.78, 5) is 25.4. The SMILES string of the molecule is CNC(=O)CNC(=O)c1ccc(CN2CCCCC2)cc1. The van der Waals surface area contributed by atoms with Crippen LogP contribution in [0, 0.1) is 0 Å². The molecule has 0 aromatic heterocycles. The van der Waals surface area contributed by atoms with E-state index < -0.39 is 0 Å². The van der Waals surface area contributed by atoms with Gasteiger partial charge in [-0.2, -0.15) is 0 Å². The summed E-state index contributed by atoms with van der Waals surface area (Å²) in [6, 6.07) is 7.61. The molecule has 1 heterocycles. The quantitative estimate of drug-likeness (QED) is 0.855. The van der Waals surface area contributed by atoms with Gasteiger partial charge in [-0.1, -0.05) is 18.6 Å². The Morgan fingerprint density at radius 1 is 1.10 bits per heavy atom. The molecule has 0 spiro atoms. The number of likely N-dealkylation sites (tertiary alicyclic amines) is 1. The number of nitrogens with one attached hydrogen (secondary N) is 2. The second-order valence-electron chi connectivity index (χ2n) is 5.39. The van der Waals surface area contributed by atoms with Crippen molar-refractivity contribution in [3.8, 4) is 0 Å². The maximum absolute atomic E-state index is 11.9. The van der Waals surface area contributed by atoms with Crippen LogP contribution in [0.3, 0.4) is 0 Å². The monoisotopic (exact) mass is 289 g/mol. The summed E-state index contributed by atoms with van der Waals surface area (Å²) in [6.07, 6.45) is 3.89. The number of likely N-dealkylation sites (N-methyl/N-ethyl adjacent to an activating group) is 1. The van der Waals surface area contributed by atoms with Gasteiger partial charge in [0.25, 0.3) is 5.91 Å². The fourth-order valence-corrected chi connectivity index (χ4v) is 2.49. The van der Waals surface area contributed by atoms with Gasteiger partial charge in [-0.3, -0.25) is 14.5 Å². The van der Waals surface area contributed by atoms with Crippen LogP contribution in [-0.4, -0.2) is 43.4 Å². The molecular formula is C16H23N3O2. The summed E-state index contributed by atoms with van der Waals surface area (Å²) in [5.74, 6) is -0.423. The molecule has 1 aliphatic heterocycles. The highest BCUT2D eigenvalue weighted by molar-refractivity contribution is 5.96. The number of nitrogens with zero attached hydrogens (tertiary/aromatic N) is 1. The minimum absolute atomic E-state index is 0.00482. The fourth-order valence-electron chi connectivity index (χ4n) is 2.49. The van der Waals surface area contributed by atoms with Gasteiger partial charge in [0.2, 0.25) is 5.91 Å². The third kappa shape index (κ3) is 4.86. The van der Waals surface area contributed by atoms with E-state index in [-0.39, 0.29) is 18.4 Å². The van der Waals surface area contributed by atoms with Crippen molar-refractivity contribution in [1.29, 1.82) is 0 Å². The van der Waals surface area contributed by atoms with Crippen molar-refractivity contribution in [2.45, 2.75) is 25.8 Å². The van der Waals surface area contributed by atoms with E-state index in [0.717, 1.165) is 19.6 Å². The van der Waals surface area contributed by atoms with Crippen LogP contribution in [0.2, 0.25) is 0 Å². The maximum atomic E-state index is 11.9. The molecule has 1 aromatic rings. The molecule has 2 N–H and O–H groups in total. The van der Waals surface area contributed by atoms with Crippen molar-refractivity contribution < 1.29 is 9.59 Å². The first-order valence-electron chi connectivity index (χ1n) is 7.49. The van der Waals surface area contributed by atoms with Crippen molar-refractivity contribution in [3.05, 3.63) is 35.4 Å². The van der Waals surface area contributed by atoms with E-state index in [0.29, 0.717) is 5.56 Å². The van der Waals surface area contributed by atoms with Crippen LogP contribution < -0.4 is 10.6 Å². The number of hydrogen-bond acceptors (Lipinski definition) is 3. The predicted molar refractivity (Wildman–Crippen MR) is 82.0 cm³/mol. The second-order valence-corrected chi connectivity index (χ2v) is 5.39. The molecular weight excluding hydrogens is 266 g/mol. The Morgan fingerprint density at radius 2 is 1.76 bits per heavy atom. The van der Waals surface area contributed by atoms with Crippen LogP contribution in [0.4, 0.5) is 0 Å². The Bertz CT molecular complexity index is 479. The Balaban J connectivity index is 1.85. The van der Waals surface area contributed by atoms with E-state index in [1.54, 1.807) is 7.05 Å². The summed E-state index contributed by atoms with van der Waals surface area (Å²) >= 11 is 0. The topological polar surface area (TPSA) is 61.4 Å². The average Bonchev–Trinajstić information content (AvgIpc) is 2.54. The molecule has 1 fully saturated rings. The standard InChI is InChI=1S/C16H23N3O2/c1-17-15(20)11-18-16(21)14-7-5-13(6-8-14)12-19-9-3-2-4-10-19/h5-8H,2-4,9-12H2,1H3,(H,17,20)(H,18,21). The molecule has 114 valence electrons. The minimum Gasteiger partial charge on any atom is -0.358 e. The van der Waals surface area contributed by atoms with E-state index in [4.69, 9.17) is 0 Å². The van der Waals surface area contributed by atoms with Crippen LogP contribution in [0.5, 0.6) is 0 Å². The molecule has 5 heteroatoms. The highest BCUT2D eigenvalue weighted by Gasteiger charge is 2.11. The van der Waals surface area contributed by atoms with Gasteiger partial charge in [0.05, 0.1) is 6.54 Å². The lowest BCUT2D eigenvalue weighted by Gasteiger charge is -2.26. The van der Waals surface area contributed by atoms with Gasteiger partial charge >= 0.3 is 0 Å².